The molecule has 0 aliphatic heterocycles. The van der Waals surface area contributed by atoms with Crippen molar-refractivity contribution in [2.24, 2.45) is 0 Å². The van der Waals surface area contributed by atoms with E-state index in [0.717, 1.165) is 0 Å². The maximum Gasteiger partial charge on any atom is 0.278 e. The third-order valence-corrected chi connectivity index (χ3v) is 2.61. The molecule has 0 fully saturated rings. The summed E-state index contributed by atoms with van der Waals surface area (Å²) >= 11 is 0. The van der Waals surface area contributed by atoms with Crippen LogP contribution in [-0.4, -0.2) is 18.4 Å². The molecule has 0 saturated heterocycles. The van der Waals surface area contributed by atoms with Crippen molar-refractivity contribution in [3.63, 3.8) is 0 Å². The van der Waals surface area contributed by atoms with Crippen LogP contribution in [0.1, 0.15) is 25.6 Å². The number of H-pyrrole nitrogens is 1. The van der Waals surface area contributed by atoms with E-state index in [-0.39, 0.29) is 10.9 Å². The second-order valence-electron chi connectivity index (χ2n) is 2.73. The summed E-state index contributed by atoms with van der Waals surface area (Å²) in [7, 11) is 1.42. The normalized spacial score (nSPS) is 12.3. The molecule has 6 heteroatoms. The van der Waals surface area contributed by atoms with Crippen LogP contribution < -0.4 is 0 Å². The molecule has 0 aromatic carbocycles. The maximum absolute atomic E-state index is 10.8. The summed E-state index contributed by atoms with van der Waals surface area (Å²) in [5, 5.41) is -0.0483. The van der Waals surface area contributed by atoms with Gasteiger partial charge in [0.1, 0.15) is 5.82 Å². The number of nitrogens with one attached hydrogen (secondary N) is 1. The van der Waals surface area contributed by atoms with Gasteiger partial charge in [0.15, 0.2) is 5.03 Å². The van der Waals surface area contributed by atoms with Crippen molar-refractivity contribution < 1.29 is 8.42 Å². The van der Waals surface area contributed by atoms with Crippen molar-refractivity contribution in [1.82, 2.24) is 9.97 Å². The van der Waals surface area contributed by atoms with Gasteiger partial charge < -0.3 is 4.98 Å². The third-order valence-electron chi connectivity index (χ3n) is 1.38. The number of rotatable bonds is 2. The smallest absolute Gasteiger partial charge is 0.278 e. The van der Waals surface area contributed by atoms with Crippen LogP contribution in [0.5, 0.6) is 0 Å². The van der Waals surface area contributed by atoms with E-state index in [1.807, 2.05) is 13.8 Å². The largest absolute Gasteiger partial charge is 0.332 e. The molecule has 1 rings (SSSR count). The molecule has 1 aromatic heterocycles. The van der Waals surface area contributed by atoms with Gasteiger partial charge in [-0.1, -0.05) is 13.8 Å². The topological polar surface area (TPSA) is 62.8 Å². The van der Waals surface area contributed by atoms with Gasteiger partial charge in [0.2, 0.25) is 0 Å². The average Bonchev–Trinajstić information content (AvgIpc) is 2.30. The average molecular weight is 209 g/mol. The molecule has 0 aliphatic rings. The second-order valence-corrected chi connectivity index (χ2v) is 5.26. The zero-order chi connectivity index (χ0) is 9.35. The minimum absolute atomic E-state index is 0.0483. The van der Waals surface area contributed by atoms with Gasteiger partial charge >= 0.3 is 0 Å². The van der Waals surface area contributed by atoms with Crippen LogP contribution >= 0.6 is 10.7 Å². The van der Waals surface area contributed by atoms with Crippen molar-refractivity contribution in [2.45, 2.75) is 24.8 Å². The molecule has 4 nitrogen and oxygen atoms in total. The van der Waals surface area contributed by atoms with E-state index in [1.54, 1.807) is 0 Å². The molecule has 1 heterocycles. The summed E-state index contributed by atoms with van der Waals surface area (Å²) in [6.45, 7) is 3.81. The van der Waals surface area contributed by atoms with Crippen LogP contribution in [0.15, 0.2) is 11.2 Å². The van der Waals surface area contributed by atoms with Gasteiger partial charge in [0.05, 0.1) is 6.20 Å². The summed E-state index contributed by atoms with van der Waals surface area (Å²) in [6.07, 6.45) is 1.22. The first kappa shape index (κ1) is 9.54. The fraction of sp³-hybridized carbons (Fsp3) is 0.500. The van der Waals surface area contributed by atoms with Crippen molar-refractivity contribution in [3.8, 4) is 0 Å². The van der Waals surface area contributed by atoms with Crippen LogP contribution in [0.2, 0.25) is 0 Å². The monoisotopic (exact) mass is 208 g/mol. The predicted molar refractivity (Wildman–Crippen MR) is 45.7 cm³/mol. The Hall–Kier alpha value is -0.550. The van der Waals surface area contributed by atoms with Crippen LogP contribution in [0.25, 0.3) is 0 Å². The lowest BCUT2D eigenvalue weighted by Gasteiger charge is -1.96. The van der Waals surface area contributed by atoms with Gasteiger partial charge in [0, 0.05) is 16.6 Å². The molecule has 0 unspecified atom stereocenters. The van der Waals surface area contributed by atoms with Crippen LogP contribution in [0.3, 0.4) is 0 Å². The van der Waals surface area contributed by atoms with Crippen LogP contribution in [0, 0.1) is 0 Å². The van der Waals surface area contributed by atoms with Crippen LogP contribution in [0.4, 0.5) is 0 Å². The van der Waals surface area contributed by atoms with E-state index >= 15 is 0 Å². The fourth-order valence-corrected chi connectivity index (χ4v) is 1.38. The van der Waals surface area contributed by atoms with Gasteiger partial charge in [-0.05, 0) is 0 Å². The number of nitrogens with zero attached hydrogens (tertiary/aromatic N) is 1. The highest BCUT2D eigenvalue weighted by molar-refractivity contribution is 8.13. The Bertz CT molecular complexity index is 369. The third kappa shape index (κ3) is 1.98. The van der Waals surface area contributed by atoms with E-state index in [0.29, 0.717) is 5.82 Å². The molecule has 0 amide bonds. The molecular formula is C6H9ClN2O2S. The summed E-state index contributed by atoms with van der Waals surface area (Å²) in [5.41, 5.74) is 0. The Kier molecular flexibility index (Phi) is 2.44. The SMILES string of the molecule is CC(C)c1ncc(S(=O)(=O)Cl)[nH]1. The molecule has 0 radical (unpaired) electrons. The molecule has 0 aliphatic carbocycles. The molecule has 68 valence electrons. The molecular weight excluding hydrogens is 200 g/mol. The lowest BCUT2D eigenvalue weighted by molar-refractivity contribution is 0.606. The van der Waals surface area contributed by atoms with Gasteiger partial charge in [-0.15, -0.1) is 0 Å². The first-order chi connectivity index (χ1) is 5.41. The summed E-state index contributed by atoms with van der Waals surface area (Å²) in [4.78, 5) is 6.48. The second kappa shape index (κ2) is 3.06. The van der Waals surface area contributed by atoms with Gasteiger partial charge in [0.25, 0.3) is 9.05 Å². The van der Waals surface area contributed by atoms with E-state index < -0.39 is 9.05 Å². The Balaban J connectivity index is 3.09. The Morgan fingerprint density at radius 2 is 2.17 bits per heavy atom. The lowest BCUT2D eigenvalue weighted by Crippen LogP contribution is -1.93. The summed E-state index contributed by atoms with van der Waals surface area (Å²) < 4.78 is 21.5. The number of halogens is 1. The van der Waals surface area contributed by atoms with Gasteiger partial charge in [-0.3, -0.25) is 0 Å². The van der Waals surface area contributed by atoms with Crippen LogP contribution in [-0.2, 0) is 9.05 Å². The van der Waals surface area contributed by atoms with Gasteiger partial charge in [-0.2, -0.15) is 0 Å². The minimum Gasteiger partial charge on any atom is -0.332 e. The number of imidazole rings is 1. The zero-order valence-corrected chi connectivity index (χ0v) is 8.28. The van der Waals surface area contributed by atoms with Crippen molar-refractivity contribution in [1.29, 1.82) is 0 Å². The summed E-state index contributed by atoms with van der Waals surface area (Å²) in [6, 6.07) is 0. The number of hydrogen-bond donors (Lipinski definition) is 1. The van der Waals surface area contributed by atoms with Crippen molar-refractivity contribution >= 4 is 19.7 Å². The summed E-state index contributed by atoms with van der Waals surface area (Å²) in [5.74, 6) is 0.784. The van der Waals surface area contributed by atoms with Crippen molar-refractivity contribution in [2.75, 3.05) is 0 Å². The lowest BCUT2D eigenvalue weighted by atomic mass is 10.2. The number of aromatic amines is 1. The molecule has 0 saturated carbocycles. The standard InChI is InChI=1S/C6H9ClN2O2S/c1-4(2)6-8-3-5(9-6)12(7,10)11/h3-4H,1-2H3,(H,8,9). The van der Waals surface area contributed by atoms with Gasteiger partial charge in [-0.25, -0.2) is 13.4 Å². The number of hydrogen-bond acceptors (Lipinski definition) is 3. The van der Waals surface area contributed by atoms with E-state index in [1.165, 1.54) is 6.20 Å². The Morgan fingerprint density at radius 1 is 1.58 bits per heavy atom. The minimum atomic E-state index is -3.66. The molecule has 0 spiro atoms. The molecule has 12 heavy (non-hydrogen) atoms. The first-order valence-corrected chi connectivity index (χ1v) is 5.71. The van der Waals surface area contributed by atoms with E-state index in [4.69, 9.17) is 10.7 Å². The molecule has 1 aromatic rings. The maximum atomic E-state index is 10.8. The first-order valence-electron chi connectivity index (χ1n) is 3.41. The highest BCUT2D eigenvalue weighted by Gasteiger charge is 2.14. The molecule has 1 N–H and O–H groups in total. The predicted octanol–water partition coefficient (Wildman–Crippen LogP) is 1.46. The highest BCUT2D eigenvalue weighted by Crippen LogP contribution is 2.15. The molecule has 0 bridgehead atoms. The van der Waals surface area contributed by atoms with E-state index in [2.05, 4.69) is 9.97 Å². The van der Waals surface area contributed by atoms with Crippen molar-refractivity contribution in [3.05, 3.63) is 12.0 Å². The zero-order valence-electron chi connectivity index (χ0n) is 6.70. The fourth-order valence-electron chi connectivity index (χ4n) is 0.736. The van der Waals surface area contributed by atoms with E-state index in [9.17, 15) is 8.42 Å². The molecule has 0 atom stereocenters. The highest BCUT2D eigenvalue weighted by atomic mass is 35.7. The quantitative estimate of drug-likeness (QED) is 0.749. The Morgan fingerprint density at radius 3 is 2.42 bits per heavy atom. The Labute approximate surface area is 75.4 Å². The number of aromatic nitrogens is 2.